The summed E-state index contributed by atoms with van der Waals surface area (Å²) in [6.07, 6.45) is -4.36. The molecular formula is C14H15F5O2S. The monoisotopic (exact) mass is 342 g/mol. The third-order valence-electron chi connectivity index (χ3n) is 3.07. The lowest BCUT2D eigenvalue weighted by Crippen LogP contribution is -2.34. The van der Waals surface area contributed by atoms with Crippen LogP contribution in [0.4, 0.5) is 22.0 Å². The zero-order valence-electron chi connectivity index (χ0n) is 11.9. The predicted octanol–water partition coefficient (Wildman–Crippen LogP) is 5.24. The number of hydrogen-bond donors (Lipinski definition) is 1. The van der Waals surface area contributed by atoms with Crippen molar-refractivity contribution in [1.29, 1.82) is 0 Å². The van der Waals surface area contributed by atoms with Crippen LogP contribution in [0, 0.1) is 6.92 Å². The number of carboxylic acids is 1. The Kier molecular flexibility index (Phi) is 5.83. The summed E-state index contributed by atoms with van der Waals surface area (Å²) < 4.78 is 65.1. The van der Waals surface area contributed by atoms with Gasteiger partial charge in [0.2, 0.25) is 0 Å². The number of carboxylic acid groups (broad SMARTS) is 1. The molecule has 0 aliphatic rings. The molecule has 0 saturated carbocycles. The molecular weight excluding hydrogens is 327 g/mol. The van der Waals surface area contributed by atoms with Gasteiger partial charge in [-0.25, -0.2) is 4.79 Å². The Morgan fingerprint density at radius 1 is 1.23 bits per heavy atom. The predicted molar refractivity (Wildman–Crippen MR) is 73.7 cm³/mol. The number of benzene rings is 1. The molecule has 8 heteroatoms. The molecule has 1 rings (SSSR count). The van der Waals surface area contributed by atoms with Crippen molar-refractivity contribution in [3.8, 4) is 0 Å². The molecule has 0 saturated heterocycles. The van der Waals surface area contributed by atoms with E-state index in [2.05, 4.69) is 0 Å². The third kappa shape index (κ3) is 3.71. The lowest BCUT2D eigenvalue weighted by Gasteiger charge is -2.24. The molecule has 0 unspecified atom stereocenters. The highest BCUT2D eigenvalue weighted by Crippen LogP contribution is 2.48. The van der Waals surface area contributed by atoms with E-state index in [1.165, 1.54) is 6.92 Å². The fraction of sp³-hybridized carbons (Fsp3) is 0.500. The molecule has 0 atom stereocenters. The SMILES string of the molecule is CCCCSc1c(C(F)(F)C(F)(F)F)ccc(C(=O)O)c1C. The Morgan fingerprint density at radius 3 is 2.27 bits per heavy atom. The van der Waals surface area contributed by atoms with Gasteiger partial charge in [-0.05, 0) is 30.7 Å². The van der Waals surface area contributed by atoms with Gasteiger partial charge in [0.15, 0.2) is 0 Å². The summed E-state index contributed by atoms with van der Waals surface area (Å²) in [6, 6.07) is 1.34. The summed E-state index contributed by atoms with van der Waals surface area (Å²) in [7, 11) is 0. The Hall–Kier alpha value is -1.31. The number of unbranched alkanes of at least 4 members (excludes halogenated alkanes) is 1. The van der Waals surface area contributed by atoms with Gasteiger partial charge < -0.3 is 5.11 Å². The summed E-state index contributed by atoms with van der Waals surface area (Å²) in [4.78, 5) is 10.7. The molecule has 1 N–H and O–H groups in total. The maximum Gasteiger partial charge on any atom is 0.458 e. The van der Waals surface area contributed by atoms with Gasteiger partial charge in [-0.2, -0.15) is 22.0 Å². The molecule has 22 heavy (non-hydrogen) atoms. The summed E-state index contributed by atoms with van der Waals surface area (Å²) in [5.74, 6) is -6.05. The van der Waals surface area contributed by atoms with E-state index in [9.17, 15) is 26.7 Å². The van der Waals surface area contributed by atoms with Crippen molar-refractivity contribution in [3.63, 3.8) is 0 Å². The first-order valence-electron chi connectivity index (χ1n) is 6.48. The summed E-state index contributed by atoms with van der Waals surface area (Å²) in [6.45, 7) is 3.10. The minimum atomic E-state index is -5.73. The van der Waals surface area contributed by atoms with Gasteiger partial charge >= 0.3 is 18.1 Å². The van der Waals surface area contributed by atoms with Crippen LogP contribution >= 0.6 is 11.8 Å². The molecule has 2 nitrogen and oxygen atoms in total. The van der Waals surface area contributed by atoms with E-state index in [0.29, 0.717) is 18.2 Å². The molecule has 0 radical (unpaired) electrons. The number of thioether (sulfide) groups is 1. The second kappa shape index (κ2) is 6.85. The van der Waals surface area contributed by atoms with Gasteiger partial charge in [-0.3, -0.25) is 0 Å². The Morgan fingerprint density at radius 2 is 1.82 bits per heavy atom. The summed E-state index contributed by atoms with van der Waals surface area (Å²) in [5.41, 5.74) is -1.54. The van der Waals surface area contributed by atoms with Crippen LogP contribution < -0.4 is 0 Å². The van der Waals surface area contributed by atoms with Gasteiger partial charge in [0, 0.05) is 10.5 Å². The van der Waals surface area contributed by atoms with Gasteiger partial charge in [0.1, 0.15) is 0 Å². The van der Waals surface area contributed by atoms with Crippen molar-refractivity contribution in [1.82, 2.24) is 0 Å². The minimum absolute atomic E-state index is 0.0740. The van der Waals surface area contributed by atoms with Crippen molar-refractivity contribution < 1.29 is 31.9 Å². The van der Waals surface area contributed by atoms with Crippen LogP contribution in [0.2, 0.25) is 0 Å². The van der Waals surface area contributed by atoms with E-state index >= 15 is 0 Å². The molecule has 0 amide bonds. The van der Waals surface area contributed by atoms with Crippen molar-refractivity contribution in [2.45, 2.75) is 43.7 Å². The van der Waals surface area contributed by atoms with E-state index < -0.39 is 23.6 Å². The normalized spacial score (nSPS) is 12.5. The first-order valence-corrected chi connectivity index (χ1v) is 7.47. The molecule has 1 aromatic carbocycles. The van der Waals surface area contributed by atoms with Gasteiger partial charge in [0.05, 0.1) is 5.56 Å². The van der Waals surface area contributed by atoms with E-state index in [4.69, 9.17) is 5.11 Å². The average molecular weight is 342 g/mol. The Balaban J connectivity index is 3.44. The number of aromatic carboxylic acids is 1. The smallest absolute Gasteiger partial charge is 0.458 e. The van der Waals surface area contributed by atoms with Crippen LogP contribution in [0.1, 0.15) is 41.3 Å². The fourth-order valence-corrected chi connectivity index (χ4v) is 3.14. The Bertz CT molecular complexity index is 555. The zero-order chi connectivity index (χ0) is 17.1. The van der Waals surface area contributed by atoms with Crippen LogP contribution in [-0.2, 0) is 5.92 Å². The highest BCUT2D eigenvalue weighted by atomic mass is 32.2. The van der Waals surface area contributed by atoms with Gasteiger partial charge in [-0.15, -0.1) is 11.8 Å². The van der Waals surface area contributed by atoms with Crippen molar-refractivity contribution in [3.05, 3.63) is 28.8 Å². The minimum Gasteiger partial charge on any atom is -0.478 e. The highest BCUT2D eigenvalue weighted by molar-refractivity contribution is 7.99. The molecule has 0 aliphatic carbocycles. The molecule has 0 heterocycles. The summed E-state index contributed by atoms with van der Waals surface area (Å²) in [5, 5.41) is 9.00. The number of halogens is 5. The lowest BCUT2D eigenvalue weighted by molar-refractivity contribution is -0.290. The standard InChI is InChI=1S/C14H15F5O2S/c1-3-4-7-22-11-8(2)9(12(20)21)5-6-10(11)13(15,16)14(17,18)19/h5-6H,3-4,7H2,1-2H3,(H,20,21). The van der Waals surface area contributed by atoms with Gasteiger partial charge in [0.25, 0.3) is 0 Å². The van der Waals surface area contributed by atoms with Crippen LogP contribution in [0.3, 0.4) is 0 Å². The van der Waals surface area contributed by atoms with Crippen molar-refractivity contribution in [2.75, 3.05) is 5.75 Å². The maximum atomic E-state index is 13.7. The van der Waals surface area contributed by atoms with Crippen LogP contribution in [-0.4, -0.2) is 23.0 Å². The average Bonchev–Trinajstić information content (AvgIpc) is 2.38. The number of alkyl halides is 5. The first-order chi connectivity index (χ1) is 10.0. The zero-order valence-corrected chi connectivity index (χ0v) is 12.7. The lowest BCUT2D eigenvalue weighted by atomic mass is 10.0. The molecule has 0 spiro atoms. The topological polar surface area (TPSA) is 37.3 Å². The van der Waals surface area contributed by atoms with Crippen molar-refractivity contribution in [2.24, 2.45) is 0 Å². The quantitative estimate of drug-likeness (QED) is 0.436. The van der Waals surface area contributed by atoms with Crippen LogP contribution in [0.15, 0.2) is 17.0 Å². The molecule has 0 fully saturated rings. The fourth-order valence-electron chi connectivity index (χ4n) is 1.83. The second-order valence-electron chi connectivity index (χ2n) is 4.69. The molecule has 0 aromatic heterocycles. The van der Waals surface area contributed by atoms with E-state index in [0.717, 1.165) is 24.2 Å². The van der Waals surface area contributed by atoms with E-state index in [-0.39, 0.29) is 16.0 Å². The van der Waals surface area contributed by atoms with Crippen LogP contribution in [0.25, 0.3) is 0 Å². The van der Waals surface area contributed by atoms with Crippen LogP contribution in [0.5, 0.6) is 0 Å². The van der Waals surface area contributed by atoms with Gasteiger partial charge in [-0.1, -0.05) is 19.4 Å². The molecule has 1 aromatic rings. The second-order valence-corrected chi connectivity index (χ2v) is 5.80. The first kappa shape index (κ1) is 18.7. The largest absolute Gasteiger partial charge is 0.478 e. The van der Waals surface area contributed by atoms with E-state index in [1.54, 1.807) is 0 Å². The van der Waals surface area contributed by atoms with Crippen molar-refractivity contribution >= 4 is 17.7 Å². The third-order valence-corrected chi connectivity index (χ3v) is 4.38. The highest BCUT2D eigenvalue weighted by Gasteiger charge is 2.59. The summed E-state index contributed by atoms with van der Waals surface area (Å²) >= 11 is 0.829. The Labute approximate surface area is 128 Å². The molecule has 0 bridgehead atoms. The van der Waals surface area contributed by atoms with E-state index in [1.807, 2.05) is 6.92 Å². The number of hydrogen-bond acceptors (Lipinski definition) is 2. The number of carbonyl (C=O) groups is 1. The maximum absolute atomic E-state index is 13.7. The molecule has 124 valence electrons. The molecule has 0 aliphatic heterocycles. The number of rotatable bonds is 6.